The van der Waals surface area contributed by atoms with Crippen LogP contribution in [0, 0.1) is 5.41 Å². The lowest BCUT2D eigenvalue weighted by atomic mass is 10.1. The summed E-state index contributed by atoms with van der Waals surface area (Å²) in [4.78, 5) is 3.95. The van der Waals surface area contributed by atoms with Crippen molar-refractivity contribution in [2.24, 2.45) is 22.2 Å². The maximum absolute atomic E-state index is 7.35. The zero-order valence-electron chi connectivity index (χ0n) is 15.7. The molecular weight excluding hydrogens is 328 g/mol. The fourth-order valence-corrected chi connectivity index (χ4v) is 2.52. The zero-order valence-corrected chi connectivity index (χ0v) is 15.7. The predicted octanol–water partition coefficient (Wildman–Crippen LogP) is 1.94. The van der Waals surface area contributed by atoms with Gasteiger partial charge in [-0.1, -0.05) is 25.7 Å². The Labute approximate surface area is 156 Å². The average Bonchev–Trinajstić information content (AvgIpc) is 2.62. The Morgan fingerprint density at radius 1 is 0.885 bits per heavy atom. The monoisotopic (exact) mass is 362 g/mol. The normalized spacial score (nSPS) is 10.5. The van der Waals surface area contributed by atoms with Crippen LogP contribution in [0.5, 0.6) is 5.75 Å². The third-order valence-electron chi connectivity index (χ3n) is 3.99. The van der Waals surface area contributed by atoms with Crippen molar-refractivity contribution in [3.05, 3.63) is 29.8 Å². The van der Waals surface area contributed by atoms with Crippen molar-refractivity contribution in [1.82, 2.24) is 5.32 Å². The molecule has 1 aromatic rings. The van der Waals surface area contributed by atoms with Crippen LogP contribution >= 0.6 is 0 Å². The van der Waals surface area contributed by atoms with Gasteiger partial charge in [0.15, 0.2) is 5.96 Å². The summed E-state index contributed by atoms with van der Waals surface area (Å²) < 4.78 is 5.70. The number of nitrogens with zero attached hydrogens (tertiary/aromatic N) is 1. The number of nitrogen functional groups attached to an aromatic ring is 1. The Balaban J connectivity index is 1.86. The molecule has 0 saturated carbocycles. The maximum atomic E-state index is 7.35. The van der Waals surface area contributed by atoms with Gasteiger partial charge in [-0.15, -0.1) is 0 Å². The molecule has 0 unspecified atom stereocenters. The molecule has 0 aliphatic carbocycles. The van der Waals surface area contributed by atoms with E-state index >= 15 is 0 Å². The number of nitrogens with two attached hydrogens (primary N) is 3. The highest BCUT2D eigenvalue weighted by Gasteiger charge is 1.98. The van der Waals surface area contributed by atoms with E-state index in [1.165, 1.54) is 32.1 Å². The highest BCUT2D eigenvalue weighted by atomic mass is 16.5. The predicted molar refractivity (Wildman–Crippen MR) is 109 cm³/mol. The largest absolute Gasteiger partial charge is 0.494 e. The summed E-state index contributed by atoms with van der Waals surface area (Å²) in [5.74, 6) is 1.08. The minimum Gasteiger partial charge on any atom is -0.494 e. The molecule has 7 nitrogen and oxygen atoms in total. The molecule has 146 valence electrons. The summed E-state index contributed by atoms with van der Waals surface area (Å²) >= 11 is 0. The molecule has 0 amide bonds. The maximum Gasteiger partial charge on any atom is 0.185 e. The zero-order chi connectivity index (χ0) is 19.0. The number of unbranched alkanes of at least 4 members (excludes halogenated alkanes) is 5. The first-order valence-electron chi connectivity index (χ1n) is 9.43. The molecule has 0 aliphatic rings. The van der Waals surface area contributed by atoms with Gasteiger partial charge < -0.3 is 27.3 Å². The third kappa shape index (κ3) is 11.3. The van der Waals surface area contributed by atoms with Crippen molar-refractivity contribution in [2.75, 3.05) is 26.2 Å². The Kier molecular flexibility index (Phi) is 11.7. The van der Waals surface area contributed by atoms with Gasteiger partial charge in [0.25, 0.3) is 0 Å². The van der Waals surface area contributed by atoms with Gasteiger partial charge in [0.05, 0.1) is 6.61 Å². The van der Waals surface area contributed by atoms with Crippen LogP contribution in [0.3, 0.4) is 0 Å². The number of hydrogen-bond donors (Lipinski definition) is 5. The molecule has 7 heteroatoms. The van der Waals surface area contributed by atoms with Gasteiger partial charge in [-0.2, -0.15) is 0 Å². The fraction of sp³-hybridized carbons (Fsp3) is 0.579. The SMILES string of the molecule is N=C(N)c1ccc(OCCCCCCCCNCCCN=C(N)N)cc1. The summed E-state index contributed by atoms with van der Waals surface area (Å²) in [5.41, 5.74) is 16.7. The Hall–Kier alpha value is -2.28. The molecule has 0 heterocycles. The van der Waals surface area contributed by atoms with Crippen LogP contribution in [0.25, 0.3) is 0 Å². The Morgan fingerprint density at radius 2 is 1.50 bits per heavy atom. The smallest absolute Gasteiger partial charge is 0.185 e. The van der Waals surface area contributed by atoms with Gasteiger partial charge in [0.2, 0.25) is 0 Å². The lowest BCUT2D eigenvalue weighted by Gasteiger charge is -2.07. The number of amidine groups is 1. The summed E-state index contributed by atoms with van der Waals surface area (Å²) in [6.45, 7) is 3.44. The molecule has 0 fully saturated rings. The minimum atomic E-state index is 0.0812. The second kappa shape index (κ2) is 13.9. The van der Waals surface area contributed by atoms with Crippen molar-refractivity contribution >= 4 is 11.8 Å². The van der Waals surface area contributed by atoms with Crippen LogP contribution in [0.2, 0.25) is 0 Å². The van der Waals surface area contributed by atoms with E-state index < -0.39 is 0 Å². The summed E-state index contributed by atoms with van der Waals surface area (Å²) in [6, 6.07) is 7.35. The molecule has 0 atom stereocenters. The first-order chi connectivity index (χ1) is 12.6. The number of benzene rings is 1. The van der Waals surface area contributed by atoms with Gasteiger partial charge in [-0.3, -0.25) is 10.4 Å². The quantitative estimate of drug-likeness (QED) is 0.184. The van der Waals surface area contributed by atoms with Crippen LogP contribution in [0.4, 0.5) is 0 Å². The molecule has 1 aromatic carbocycles. The van der Waals surface area contributed by atoms with E-state index in [0.29, 0.717) is 6.54 Å². The van der Waals surface area contributed by atoms with E-state index in [1.54, 1.807) is 0 Å². The minimum absolute atomic E-state index is 0.0812. The topological polar surface area (TPSA) is 136 Å². The van der Waals surface area contributed by atoms with Gasteiger partial charge in [-0.05, 0) is 56.6 Å². The third-order valence-corrected chi connectivity index (χ3v) is 3.99. The van der Waals surface area contributed by atoms with Gasteiger partial charge in [-0.25, -0.2) is 0 Å². The van der Waals surface area contributed by atoms with Crippen LogP contribution in [-0.2, 0) is 0 Å². The van der Waals surface area contributed by atoms with Crippen molar-refractivity contribution in [3.63, 3.8) is 0 Å². The molecule has 8 N–H and O–H groups in total. The summed E-state index contributed by atoms with van der Waals surface area (Å²) in [5, 5.41) is 10.8. The Morgan fingerprint density at radius 3 is 2.15 bits per heavy atom. The van der Waals surface area contributed by atoms with Gasteiger partial charge in [0.1, 0.15) is 11.6 Å². The Bertz CT molecular complexity index is 525. The second-order valence-corrected chi connectivity index (χ2v) is 6.32. The van der Waals surface area contributed by atoms with Gasteiger partial charge >= 0.3 is 0 Å². The van der Waals surface area contributed by atoms with E-state index in [-0.39, 0.29) is 11.8 Å². The van der Waals surface area contributed by atoms with E-state index in [1.807, 2.05) is 24.3 Å². The van der Waals surface area contributed by atoms with E-state index in [4.69, 9.17) is 27.3 Å². The number of rotatable bonds is 15. The molecule has 0 aromatic heterocycles. The van der Waals surface area contributed by atoms with Crippen LogP contribution in [-0.4, -0.2) is 38.0 Å². The van der Waals surface area contributed by atoms with Crippen molar-refractivity contribution in [1.29, 1.82) is 5.41 Å². The van der Waals surface area contributed by atoms with Crippen LogP contribution in [0.1, 0.15) is 50.5 Å². The van der Waals surface area contributed by atoms with Crippen LogP contribution < -0.4 is 27.3 Å². The molecule has 0 bridgehead atoms. The van der Waals surface area contributed by atoms with E-state index in [0.717, 1.165) is 43.9 Å². The lowest BCUT2D eigenvalue weighted by Crippen LogP contribution is -2.23. The first-order valence-corrected chi connectivity index (χ1v) is 9.43. The molecule has 26 heavy (non-hydrogen) atoms. The molecule has 0 saturated heterocycles. The first kappa shape index (κ1) is 21.8. The molecule has 1 rings (SSSR count). The summed E-state index contributed by atoms with van der Waals surface area (Å²) in [6.07, 6.45) is 8.21. The standard InChI is InChI=1S/C19H34N6O/c20-18(21)16-8-10-17(11-9-16)26-15-6-4-2-1-3-5-12-24-13-7-14-25-19(22)23/h8-11,24H,1-7,12-15H2,(H3,20,21)(H4,22,23,25). The molecular formula is C19H34N6O. The summed E-state index contributed by atoms with van der Waals surface area (Å²) in [7, 11) is 0. The average molecular weight is 363 g/mol. The van der Waals surface area contributed by atoms with E-state index in [2.05, 4.69) is 10.3 Å². The fourth-order valence-electron chi connectivity index (χ4n) is 2.52. The lowest BCUT2D eigenvalue weighted by molar-refractivity contribution is 0.304. The van der Waals surface area contributed by atoms with Crippen molar-refractivity contribution < 1.29 is 4.74 Å². The van der Waals surface area contributed by atoms with Crippen molar-refractivity contribution in [3.8, 4) is 5.75 Å². The van der Waals surface area contributed by atoms with Gasteiger partial charge in [0, 0.05) is 12.1 Å². The molecule has 0 spiro atoms. The number of aliphatic imine (C=N–C) groups is 1. The number of nitrogens with one attached hydrogen (secondary N) is 2. The number of ether oxygens (including phenoxy) is 1. The number of guanidine groups is 1. The van der Waals surface area contributed by atoms with Crippen LogP contribution in [0.15, 0.2) is 29.3 Å². The number of hydrogen-bond acceptors (Lipinski definition) is 4. The molecule has 0 radical (unpaired) electrons. The highest BCUT2D eigenvalue weighted by Crippen LogP contribution is 2.13. The second-order valence-electron chi connectivity index (χ2n) is 6.32. The van der Waals surface area contributed by atoms with E-state index in [9.17, 15) is 0 Å². The molecule has 0 aliphatic heterocycles. The van der Waals surface area contributed by atoms with Crippen molar-refractivity contribution in [2.45, 2.75) is 44.9 Å². The highest BCUT2D eigenvalue weighted by molar-refractivity contribution is 5.94.